The van der Waals surface area contributed by atoms with Crippen LogP contribution in [0, 0.1) is 23.7 Å². The van der Waals surface area contributed by atoms with E-state index in [1.165, 1.54) is 57.4 Å². The molecule has 1 aromatic rings. The van der Waals surface area contributed by atoms with Crippen LogP contribution in [0.1, 0.15) is 84.0 Å². The van der Waals surface area contributed by atoms with E-state index in [4.69, 9.17) is 4.74 Å². The molecule has 0 radical (unpaired) electrons. The van der Waals surface area contributed by atoms with Crippen LogP contribution in [0.2, 0.25) is 0 Å². The van der Waals surface area contributed by atoms with Crippen molar-refractivity contribution in [3.63, 3.8) is 0 Å². The Balaban J connectivity index is 1.24. The zero-order valence-electron chi connectivity index (χ0n) is 18.8. The summed E-state index contributed by atoms with van der Waals surface area (Å²) < 4.78 is 69.5. The lowest BCUT2D eigenvalue weighted by Gasteiger charge is -2.39. The van der Waals surface area contributed by atoms with E-state index in [2.05, 4.69) is 16.4 Å². The molecule has 0 unspecified atom stereocenters. The Labute approximate surface area is 187 Å². The van der Waals surface area contributed by atoms with Crippen molar-refractivity contribution in [2.24, 2.45) is 23.7 Å². The number of alkyl halides is 4. The molecule has 32 heavy (non-hydrogen) atoms. The van der Waals surface area contributed by atoms with E-state index in [0.717, 1.165) is 30.9 Å². The first-order valence-electron chi connectivity index (χ1n) is 12.2. The minimum atomic E-state index is -3.78. The van der Waals surface area contributed by atoms with Gasteiger partial charge in [0.05, 0.1) is 5.92 Å². The summed E-state index contributed by atoms with van der Waals surface area (Å²) in [7, 11) is 0. The number of benzene rings is 1. The third-order valence-corrected chi connectivity index (χ3v) is 7.65. The van der Waals surface area contributed by atoms with Crippen LogP contribution >= 0.6 is 0 Å². The predicted octanol–water partition coefficient (Wildman–Crippen LogP) is 8.17. The highest BCUT2D eigenvalue weighted by atomic mass is 19.3. The summed E-state index contributed by atoms with van der Waals surface area (Å²) in [6.07, 6.45) is 5.64. The second kappa shape index (κ2) is 9.68. The number of unbranched alkanes of at least 4 members (excludes halogenated alkanes) is 2. The molecular weight excluding hydrogens is 424 g/mol. The van der Waals surface area contributed by atoms with Gasteiger partial charge in [0.1, 0.15) is 5.75 Å². The molecule has 0 spiro atoms. The van der Waals surface area contributed by atoms with E-state index in [9.17, 15) is 17.6 Å². The average molecular weight is 459 g/mol. The van der Waals surface area contributed by atoms with E-state index in [0.29, 0.717) is 24.7 Å². The molecule has 0 saturated heterocycles. The molecule has 4 rings (SSSR count). The van der Waals surface area contributed by atoms with Gasteiger partial charge in [-0.05, 0) is 68.4 Å². The Morgan fingerprint density at radius 2 is 1.53 bits per heavy atom. The van der Waals surface area contributed by atoms with Gasteiger partial charge in [-0.3, -0.25) is 0 Å². The van der Waals surface area contributed by atoms with E-state index < -0.39 is 18.3 Å². The molecule has 0 aromatic heterocycles. The second-order valence-corrected chi connectivity index (χ2v) is 9.83. The maximum absolute atomic E-state index is 14.8. The standard InChI is InChI=1S/C25H34F4O3/c1-2-3-4-5-17-6-8-18(9-7-17)19-10-12-20(13-11-19)24(26,27)30-21-14-15-22-23(16-21)32-25(28,29)31-22/h14-20H,2-13H2,1H3. The van der Waals surface area contributed by atoms with Gasteiger partial charge in [-0.15, -0.1) is 8.78 Å². The molecule has 2 aliphatic carbocycles. The molecule has 7 heteroatoms. The third kappa shape index (κ3) is 5.63. The lowest BCUT2D eigenvalue weighted by atomic mass is 9.68. The molecule has 0 bridgehead atoms. The summed E-state index contributed by atoms with van der Waals surface area (Å²) in [5.41, 5.74) is 0. The Kier molecular flexibility index (Phi) is 7.11. The van der Waals surface area contributed by atoms with E-state index in [1.54, 1.807) is 0 Å². The van der Waals surface area contributed by atoms with E-state index >= 15 is 0 Å². The summed E-state index contributed by atoms with van der Waals surface area (Å²) in [6, 6.07) is 3.41. The van der Waals surface area contributed by atoms with Crippen molar-refractivity contribution in [1.82, 2.24) is 0 Å². The van der Waals surface area contributed by atoms with Crippen LogP contribution < -0.4 is 14.2 Å². The summed E-state index contributed by atoms with van der Waals surface area (Å²) in [5, 5.41) is 0. The van der Waals surface area contributed by atoms with Crippen LogP contribution in [0.4, 0.5) is 17.6 Å². The van der Waals surface area contributed by atoms with Crippen molar-refractivity contribution in [2.75, 3.05) is 0 Å². The fourth-order valence-electron chi connectivity index (χ4n) is 5.79. The highest BCUT2D eigenvalue weighted by Crippen LogP contribution is 2.47. The zero-order chi connectivity index (χ0) is 22.8. The maximum atomic E-state index is 14.8. The van der Waals surface area contributed by atoms with Gasteiger partial charge in [-0.2, -0.15) is 8.78 Å². The SMILES string of the molecule is CCCCCC1CCC(C2CCC(C(F)(F)Oc3ccc4c(c3)OC(F)(F)O4)CC2)CC1. The number of ether oxygens (including phenoxy) is 3. The molecule has 1 heterocycles. The Bertz CT molecular complexity index is 754. The first-order chi connectivity index (χ1) is 15.3. The van der Waals surface area contributed by atoms with Gasteiger partial charge in [0.15, 0.2) is 11.5 Å². The highest BCUT2D eigenvalue weighted by Gasteiger charge is 2.46. The Morgan fingerprint density at radius 3 is 2.19 bits per heavy atom. The largest absolute Gasteiger partial charge is 0.586 e. The van der Waals surface area contributed by atoms with Crippen LogP contribution in [-0.4, -0.2) is 12.4 Å². The molecule has 0 N–H and O–H groups in total. The predicted molar refractivity (Wildman–Crippen MR) is 113 cm³/mol. The minimum Gasteiger partial charge on any atom is -0.432 e. The van der Waals surface area contributed by atoms with E-state index in [-0.39, 0.29) is 17.2 Å². The molecule has 2 fully saturated rings. The van der Waals surface area contributed by atoms with Crippen molar-refractivity contribution in [1.29, 1.82) is 0 Å². The van der Waals surface area contributed by atoms with Crippen molar-refractivity contribution in [2.45, 2.75) is 96.4 Å². The van der Waals surface area contributed by atoms with Crippen LogP contribution in [0.25, 0.3) is 0 Å². The van der Waals surface area contributed by atoms with Crippen molar-refractivity contribution in [3.8, 4) is 17.2 Å². The summed E-state index contributed by atoms with van der Waals surface area (Å²) in [5.74, 6) is 0.515. The van der Waals surface area contributed by atoms with Crippen molar-refractivity contribution in [3.05, 3.63) is 18.2 Å². The topological polar surface area (TPSA) is 27.7 Å². The monoisotopic (exact) mass is 458 g/mol. The first-order valence-corrected chi connectivity index (χ1v) is 12.2. The number of fused-ring (bicyclic) bond motifs is 1. The van der Waals surface area contributed by atoms with Gasteiger partial charge in [0.2, 0.25) is 0 Å². The lowest BCUT2D eigenvalue weighted by Crippen LogP contribution is -2.38. The zero-order valence-corrected chi connectivity index (χ0v) is 18.8. The Morgan fingerprint density at radius 1 is 0.906 bits per heavy atom. The molecule has 1 aliphatic heterocycles. The fraction of sp³-hybridized carbons (Fsp3) is 0.760. The first kappa shape index (κ1) is 23.5. The average Bonchev–Trinajstić information content (AvgIpc) is 3.07. The number of hydrogen-bond acceptors (Lipinski definition) is 3. The molecule has 0 atom stereocenters. The highest BCUT2D eigenvalue weighted by molar-refractivity contribution is 5.47. The molecule has 2 saturated carbocycles. The smallest absolute Gasteiger partial charge is 0.432 e. The third-order valence-electron chi connectivity index (χ3n) is 7.65. The summed E-state index contributed by atoms with van der Waals surface area (Å²) in [4.78, 5) is 0. The molecule has 1 aromatic carbocycles. The van der Waals surface area contributed by atoms with Crippen LogP contribution in [0.15, 0.2) is 18.2 Å². The fourth-order valence-corrected chi connectivity index (χ4v) is 5.79. The quantitative estimate of drug-likeness (QED) is 0.290. The van der Waals surface area contributed by atoms with Gasteiger partial charge >= 0.3 is 12.4 Å². The van der Waals surface area contributed by atoms with Crippen LogP contribution in [0.3, 0.4) is 0 Å². The molecule has 3 aliphatic rings. The number of rotatable bonds is 8. The van der Waals surface area contributed by atoms with Gasteiger partial charge < -0.3 is 14.2 Å². The van der Waals surface area contributed by atoms with Gasteiger partial charge in [0, 0.05) is 6.07 Å². The lowest BCUT2D eigenvalue weighted by molar-refractivity contribution is -0.286. The normalized spacial score (nSPS) is 29.7. The van der Waals surface area contributed by atoms with Crippen molar-refractivity contribution < 1.29 is 31.8 Å². The number of halogens is 4. The maximum Gasteiger partial charge on any atom is 0.586 e. The Hall–Kier alpha value is -1.66. The second-order valence-electron chi connectivity index (χ2n) is 9.83. The molecule has 3 nitrogen and oxygen atoms in total. The van der Waals surface area contributed by atoms with Crippen molar-refractivity contribution >= 4 is 0 Å². The van der Waals surface area contributed by atoms with Crippen LogP contribution in [-0.2, 0) is 0 Å². The van der Waals surface area contributed by atoms with Gasteiger partial charge in [0.25, 0.3) is 0 Å². The molecule has 0 amide bonds. The molecule has 180 valence electrons. The minimum absolute atomic E-state index is 0.189. The number of hydrogen-bond donors (Lipinski definition) is 0. The molecular formula is C25H34F4O3. The summed E-state index contributed by atoms with van der Waals surface area (Å²) in [6.45, 7) is 2.23. The van der Waals surface area contributed by atoms with E-state index in [1.807, 2.05) is 0 Å². The summed E-state index contributed by atoms with van der Waals surface area (Å²) >= 11 is 0. The van der Waals surface area contributed by atoms with Gasteiger partial charge in [-0.25, -0.2) is 0 Å². The van der Waals surface area contributed by atoms with Gasteiger partial charge in [-0.1, -0.05) is 45.4 Å². The van der Waals surface area contributed by atoms with Crippen LogP contribution in [0.5, 0.6) is 17.2 Å².